The number of aliphatic imine (C=N–C) groups is 1. The van der Waals surface area contributed by atoms with Crippen LogP contribution in [0.15, 0.2) is 4.99 Å². The average Bonchev–Trinajstić information content (AvgIpc) is 2.33. The van der Waals surface area contributed by atoms with Gasteiger partial charge in [-0.3, -0.25) is 4.99 Å². The molecular formula is C16H33N. The molecule has 1 nitrogen and oxygen atoms in total. The van der Waals surface area contributed by atoms with E-state index in [1.54, 1.807) is 0 Å². The molecule has 0 fully saturated rings. The van der Waals surface area contributed by atoms with E-state index in [1.165, 1.54) is 51.4 Å². The Balaban J connectivity index is 3.25. The van der Waals surface area contributed by atoms with E-state index in [-0.39, 0.29) is 0 Å². The molecule has 0 heterocycles. The molecule has 0 N–H and O–H groups in total. The average molecular weight is 239 g/mol. The van der Waals surface area contributed by atoms with Crippen LogP contribution >= 0.6 is 0 Å². The Kier molecular flexibility index (Phi) is 11.9. The van der Waals surface area contributed by atoms with Gasteiger partial charge in [-0.25, -0.2) is 0 Å². The number of hydrogen-bond acceptors (Lipinski definition) is 1. The molecule has 2 atom stereocenters. The normalized spacial score (nSPS) is 15.3. The molecule has 102 valence electrons. The van der Waals surface area contributed by atoms with Gasteiger partial charge < -0.3 is 0 Å². The second-order valence-corrected chi connectivity index (χ2v) is 5.56. The standard InChI is InChI=1S/C16H33N/c1-5-15(3)12-10-13-16(4)11-8-7-9-14-17-6-2/h6,15-16H,5,7-14H2,1-4H3. The number of hydrogen-bond donors (Lipinski definition) is 0. The summed E-state index contributed by atoms with van der Waals surface area (Å²) in [5.41, 5.74) is 0. The summed E-state index contributed by atoms with van der Waals surface area (Å²) in [5.74, 6) is 1.85. The van der Waals surface area contributed by atoms with Crippen LogP contribution in [0.1, 0.15) is 79.1 Å². The third-order valence-corrected chi connectivity index (χ3v) is 3.76. The van der Waals surface area contributed by atoms with Crippen LogP contribution in [0.5, 0.6) is 0 Å². The molecule has 17 heavy (non-hydrogen) atoms. The molecule has 0 aliphatic carbocycles. The zero-order valence-corrected chi connectivity index (χ0v) is 12.5. The third kappa shape index (κ3) is 11.9. The van der Waals surface area contributed by atoms with Crippen molar-refractivity contribution in [2.45, 2.75) is 79.1 Å². The van der Waals surface area contributed by atoms with Crippen LogP contribution < -0.4 is 0 Å². The summed E-state index contributed by atoms with van der Waals surface area (Å²) < 4.78 is 0. The Morgan fingerprint density at radius 1 is 0.882 bits per heavy atom. The molecule has 2 unspecified atom stereocenters. The molecule has 0 saturated carbocycles. The lowest BCUT2D eigenvalue weighted by Crippen LogP contribution is -1.98. The lowest BCUT2D eigenvalue weighted by Gasteiger charge is -2.13. The van der Waals surface area contributed by atoms with Gasteiger partial charge in [0.05, 0.1) is 0 Å². The minimum absolute atomic E-state index is 0.925. The van der Waals surface area contributed by atoms with E-state index in [0.29, 0.717) is 0 Å². The number of rotatable bonds is 11. The highest BCUT2D eigenvalue weighted by atomic mass is 14.7. The Bertz CT molecular complexity index is 174. The van der Waals surface area contributed by atoms with Gasteiger partial charge in [0.1, 0.15) is 0 Å². The lowest BCUT2D eigenvalue weighted by atomic mass is 9.94. The minimum atomic E-state index is 0.925. The van der Waals surface area contributed by atoms with Crippen molar-refractivity contribution in [1.29, 1.82) is 0 Å². The van der Waals surface area contributed by atoms with Gasteiger partial charge in [-0.1, -0.05) is 65.7 Å². The summed E-state index contributed by atoms with van der Waals surface area (Å²) in [7, 11) is 0. The van der Waals surface area contributed by atoms with Gasteiger partial charge in [0.25, 0.3) is 0 Å². The second-order valence-electron chi connectivity index (χ2n) is 5.56. The first-order chi connectivity index (χ1) is 8.20. The topological polar surface area (TPSA) is 12.4 Å². The largest absolute Gasteiger partial charge is 0.298 e. The molecule has 0 aromatic rings. The number of nitrogens with zero attached hydrogens (tertiary/aromatic N) is 1. The fourth-order valence-corrected chi connectivity index (χ4v) is 2.17. The minimum Gasteiger partial charge on any atom is -0.298 e. The fourth-order valence-electron chi connectivity index (χ4n) is 2.17. The molecule has 0 aliphatic rings. The van der Waals surface area contributed by atoms with E-state index in [4.69, 9.17) is 0 Å². The summed E-state index contributed by atoms with van der Waals surface area (Å²) in [5, 5.41) is 0. The first-order valence-corrected chi connectivity index (χ1v) is 7.65. The lowest BCUT2D eigenvalue weighted by molar-refractivity contribution is 0.407. The predicted molar refractivity (Wildman–Crippen MR) is 80.0 cm³/mol. The molecule has 0 saturated heterocycles. The maximum Gasteiger partial charge on any atom is 0.0385 e. The molecule has 0 radical (unpaired) electrons. The van der Waals surface area contributed by atoms with Crippen molar-refractivity contribution in [1.82, 2.24) is 0 Å². The molecule has 0 spiro atoms. The van der Waals surface area contributed by atoms with Crippen LogP contribution in [0.25, 0.3) is 0 Å². The number of unbranched alkanes of at least 4 members (excludes halogenated alkanes) is 2. The van der Waals surface area contributed by atoms with Crippen LogP contribution in [-0.2, 0) is 0 Å². The van der Waals surface area contributed by atoms with Crippen molar-refractivity contribution in [2.75, 3.05) is 6.54 Å². The quantitative estimate of drug-likeness (QED) is 0.334. The molecule has 0 bridgehead atoms. The highest BCUT2D eigenvalue weighted by Gasteiger charge is 2.04. The van der Waals surface area contributed by atoms with Crippen LogP contribution in [0.4, 0.5) is 0 Å². The first-order valence-electron chi connectivity index (χ1n) is 7.65. The summed E-state index contributed by atoms with van der Waals surface area (Å²) in [4.78, 5) is 4.24. The highest BCUT2D eigenvalue weighted by Crippen LogP contribution is 2.19. The molecule has 0 amide bonds. The SMILES string of the molecule is CC=NCCCCCC(C)CCCC(C)CC. The Morgan fingerprint density at radius 2 is 1.53 bits per heavy atom. The van der Waals surface area contributed by atoms with Crippen LogP contribution in [0.2, 0.25) is 0 Å². The molecular weight excluding hydrogens is 206 g/mol. The first kappa shape index (κ1) is 16.7. The summed E-state index contributed by atoms with van der Waals surface area (Å²) in [6, 6.07) is 0. The second kappa shape index (κ2) is 12.1. The fraction of sp³-hybridized carbons (Fsp3) is 0.938. The van der Waals surface area contributed by atoms with Crippen molar-refractivity contribution in [3.05, 3.63) is 0 Å². The molecule has 0 aliphatic heterocycles. The van der Waals surface area contributed by atoms with Gasteiger partial charge in [-0.05, 0) is 31.4 Å². The van der Waals surface area contributed by atoms with Crippen molar-refractivity contribution in [2.24, 2.45) is 16.8 Å². The summed E-state index contributed by atoms with van der Waals surface area (Å²) in [6.07, 6.45) is 13.0. The van der Waals surface area contributed by atoms with E-state index in [1.807, 2.05) is 13.1 Å². The smallest absolute Gasteiger partial charge is 0.0385 e. The van der Waals surface area contributed by atoms with E-state index in [0.717, 1.165) is 18.4 Å². The molecule has 1 heteroatoms. The van der Waals surface area contributed by atoms with Gasteiger partial charge >= 0.3 is 0 Å². The third-order valence-electron chi connectivity index (χ3n) is 3.76. The molecule has 0 rings (SSSR count). The molecule has 0 aromatic heterocycles. The zero-order valence-electron chi connectivity index (χ0n) is 12.5. The summed E-state index contributed by atoms with van der Waals surface area (Å²) >= 11 is 0. The maximum absolute atomic E-state index is 4.24. The van der Waals surface area contributed by atoms with Gasteiger partial charge in [0, 0.05) is 6.54 Å². The Morgan fingerprint density at radius 3 is 2.18 bits per heavy atom. The van der Waals surface area contributed by atoms with Gasteiger partial charge in [-0.15, -0.1) is 0 Å². The van der Waals surface area contributed by atoms with E-state index < -0.39 is 0 Å². The van der Waals surface area contributed by atoms with E-state index in [2.05, 4.69) is 25.8 Å². The van der Waals surface area contributed by atoms with E-state index in [9.17, 15) is 0 Å². The highest BCUT2D eigenvalue weighted by molar-refractivity contribution is 5.53. The van der Waals surface area contributed by atoms with Gasteiger partial charge in [0.15, 0.2) is 0 Å². The summed E-state index contributed by atoms with van der Waals surface area (Å²) in [6.45, 7) is 10.1. The maximum atomic E-state index is 4.24. The predicted octanol–water partition coefficient (Wildman–Crippen LogP) is 5.49. The van der Waals surface area contributed by atoms with Gasteiger partial charge in [0.2, 0.25) is 0 Å². The van der Waals surface area contributed by atoms with Crippen molar-refractivity contribution in [3.63, 3.8) is 0 Å². The monoisotopic (exact) mass is 239 g/mol. The van der Waals surface area contributed by atoms with Crippen molar-refractivity contribution in [3.8, 4) is 0 Å². The molecule has 0 aromatic carbocycles. The van der Waals surface area contributed by atoms with Crippen LogP contribution in [0.3, 0.4) is 0 Å². The van der Waals surface area contributed by atoms with E-state index >= 15 is 0 Å². The van der Waals surface area contributed by atoms with Crippen molar-refractivity contribution < 1.29 is 0 Å². The van der Waals surface area contributed by atoms with Crippen LogP contribution in [-0.4, -0.2) is 12.8 Å². The Hall–Kier alpha value is -0.330. The van der Waals surface area contributed by atoms with Gasteiger partial charge in [-0.2, -0.15) is 0 Å². The Labute approximate surface area is 109 Å². The van der Waals surface area contributed by atoms with Crippen LogP contribution in [0, 0.1) is 11.8 Å². The van der Waals surface area contributed by atoms with Crippen molar-refractivity contribution >= 4 is 6.21 Å². The zero-order chi connectivity index (χ0) is 12.9.